The molecule has 0 N–H and O–H groups in total. The van der Waals surface area contributed by atoms with Crippen molar-refractivity contribution in [1.82, 2.24) is 0 Å². The van der Waals surface area contributed by atoms with Gasteiger partial charge in [-0.1, -0.05) is 139 Å². The Kier molecular flexibility index (Phi) is 7.45. The first-order valence-electron chi connectivity index (χ1n) is 18.8. The van der Waals surface area contributed by atoms with Crippen LogP contribution in [0, 0.1) is 0 Å². The molecule has 0 atom stereocenters. The van der Waals surface area contributed by atoms with E-state index in [9.17, 15) is 0 Å². The van der Waals surface area contributed by atoms with E-state index in [1.807, 2.05) is 6.07 Å². The van der Waals surface area contributed by atoms with Gasteiger partial charge in [-0.2, -0.15) is 0 Å². The first-order valence-corrected chi connectivity index (χ1v) is 18.8. The SMILES string of the molecule is CCc1cc(N(c2ccc3c(c2)oc2ccccc23)c2cc3ccccc3c3c2-c2ccccc2C3(C)C)ccc1-c1ccccc1C(C)(C)CC. The van der Waals surface area contributed by atoms with Crippen molar-refractivity contribution in [1.29, 1.82) is 0 Å². The van der Waals surface area contributed by atoms with Gasteiger partial charge in [-0.15, -0.1) is 0 Å². The van der Waals surface area contributed by atoms with Crippen LogP contribution in [-0.4, -0.2) is 0 Å². The molecule has 256 valence electrons. The molecule has 52 heavy (non-hydrogen) atoms. The van der Waals surface area contributed by atoms with Crippen molar-refractivity contribution in [3.05, 3.63) is 162 Å². The van der Waals surface area contributed by atoms with E-state index in [2.05, 4.69) is 180 Å². The minimum atomic E-state index is -0.163. The number of para-hydroxylation sites is 1. The molecule has 1 aromatic heterocycles. The summed E-state index contributed by atoms with van der Waals surface area (Å²) in [6.07, 6.45) is 2.00. The molecule has 0 radical (unpaired) electrons. The van der Waals surface area contributed by atoms with Gasteiger partial charge in [0.25, 0.3) is 0 Å². The highest BCUT2D eigenvalue weighted by molar-refractivity contribution is 6.08. The second-order valence-corrected chi connectivity index (χ2v) is 15.6. The molecule has 1 aliphatic carbocycles. The van der Waals surface area contributed by atoms with E-state index in [1.165, 1.54) is 61.0 Å². The standard InChI is InChI=1S/C50H45NO/c1-7-32-29-34(25-27-36(32)38-19-11-14-22-42(38)49(3,4)8-2)51(35-26-28-40-39-20-13-16-24-45(39)52-46(40)31-35)44-30-33-17-9-10-18-37(33)48-47(44)41-21-12-15-23-43(41)50(48,5)6/h9-31H,7-8H2,1-6H3. The summed E-state index contributed by atoms with van der Waals surface area (Å²) in [5.41, 5.74) is 15.9. The van der Waals surface area contributed by atoms with Crippen molar-refractivity contribution in [2.24, 2.45) is 0 Å². The number of hydrogen-bond acceptors (Lipinski definition) is 2. The summed E-state index contributed by atoms with van der Waals surface area (Å²) in [7, 11) is 0. The van der Waals surface area contributed by atoms with Gasteiger partial charge in [0.2, 0.25) is 0 Å². The zero-order valence-electron chi connectivity index (χ0n) is 31.0. The molecule has 0 unspecified atom stereocenters. The lowest BCUT2D eigenvalue weighted by molar-refractivity contribution is 0.507. The molecular weight excluding hydrogens is 631 g/mol. The van der Waals surface area contributed by atoms with Gasteiger partial charge in [0, 0.05) is 39.2 Å². The second kappa shape index (κ2) is 12.0. The quantitative estimate of drug-likeness (QED) is 0.167. The lowest BCUT2D eigenvalue weighted by Gasteiger charge is -2.31. The van der Waals surface area contributed by atoms with Gasteiger partial charge in [0.1, 0.15) is 11.2 Å². The van der Waals surface area contributed by atoms with E-state index in [1.54, 1.807) is 0 Å². The fraction of sp³-hybridized carbons (Fsp3) is 0.200. The summed E-state index contributed by atoms with van der Waals surface area (Å²) in [4.78, 5) is 2.49. The van der Waals surface area contributed by atoms with Crippen LogP contribution in [0.4, 0.5) is 17.1 Å². The molecule has 0 fully saturated rings. The fourth-order valence-corrected chi connectivity index (χ4v) is 8.87. The number of hydrogen-bond donors (Lipinski definition) is 0. The molecule has 0 amide bonds. The summed E-state index contributed by atoms with van der Waals surface area (Å²) in [5, 5.41) is 4.84. The number of aryl methyl sites for hydroxylation is 1. The van der Waals surface area contributed by atoms with Crippen LogP contribution in [0.3, 0.4) is 0 Å². The van der Waals surface area contributed by atoms with Crippen LogP contribution in [0.1, 0.15) is 70.2 Å². The Hall–Kier alpha value is -5.60. The predicted molar refractivity (Wildman–Crippen MR) is 222 cm³/mol. The molecule has 0 aliphatic heterocycles. The summed E-state index contributed by atoms with van der Waals surface area (Å²) in [5.74, 6) is 0. The largest absolute Gasteiger partial charge is 0.456 e. The average Bonchev–Trinajstić information content (AvgIpc) is 3.66. The number of anilines is 3. The molecule has 7 aromatic carbocycles. The molecule has 1 heterocycles. The van der Waals surface area contributed by atoms with Crippen molar-refractivity contribution < 1.29 is 4.42 Å². The summed E-state index contributed by atoms with van der Waals surface area (Å²) < 4.78 is 6.52. The summed E-state index contributed by atoms with van der Waals surface area (Å²) in [6.45, 7) is 14.1. The van der Waals surface area contributed by atoms with Gasteiger partial charge in [-0.25, -0.2) is 0 Å². The van der Waals surface area contributed by atoms with Crippen LogP contribution < -0.4 is 4.90 Å². The van der Waals surface area contributed by atoms with E-state index in [0.717, 1.165) is 46.2 Å². The third-order valence-electron chi connectivity index (χ3n) is 11.9. The molecular formula is C50H45NO. The monoisotopic (exact) mass is 675 g/mol. The van der Waals surface area contributed by atoms with Crippen molar-refractivity contribution in [3.63, 3.8) is 0 Å². The van der Waals surface area contributed by atoms with Crippen LogP contribution >= 0.6 is 0 Å². The van der Waals surface area contributed by atoms with Gasteiger partial charge in [0.05, 0.1) is 5.69 Å². The van der Waals surface area contributed by atoms with Crippen LogP contribution in [0.25, 0.3) is 55.0 Å². The molecule has 0 spiro atoms. The zero-order valence-corrected chi connectivity index (χ0v) is 31.0. The summed E-state index contributed by atoms with van der Waals surface area (Å²) >= 11 is 0. The molecule has 2 nitrogen and oxygen atoms in total. The number of nitrogens with zero attached hydrogens (tertiary/aromatic N) is 1. The Balaban J connectivity index is 1.34. The Labute approximate surface area is 307 Å². The van der Waals surface area contributed by atoms with Crippen molar-refractivity contribution in [2.75, 3.05) is 4.90 Å². The molecule has 9 rings (SSSR count). The third-order valence-corrected chi connectivity index (χ3v) is 11.9. The fourth-order valence-electron chi connectivity index (χ4n) is 8.87. The van der Waals surface area contributed by atoms with Crippen LogP contribution in [0.15, 0.2) is 144 Å². The molecule has 0 saturated carbocycles. The number of benzene rings is 7. The van der Waals surface area contributed by atoms with Gasteiger partial charge >= 0.3 is 0 Å². The molecule has 0 bridgehead atoms. The summed E-state index contributed by atoms with van der Waals surface area (Å²) in [6, 6.07) is 51.6. The topological polar surface area (TPSA) is 16.4 Å². The van der Waals surface area contributed by atoms with Gasteiger partial charge in [0.15, 0.2) is 0 Å². The first kappa shape index (κ1) is 32.3. The molecule has 0 saturated heterocycles. The highest BCUT2D eigenvalue weighted by Crippen LogP contribution is 2.57. The van der Waals surface area contributed by atoms with E-state index in [-0.39, 0.29) is 10.8 Å². The zero-order chi connectivity index (χ0) is 35.8. The number of furan rings is 1. The molecule has 8 aromatic rings. The smallest absolute Gasteiger partial charge is 0.137 e. The lowest BCUT2D eigenvalue weighted by Crippen LogP contribution is -2.17. The van der Waals surface area contributed by atoms with E-state index in [4.69, 9.17) is 4.42 Å². The maximum atomic E-state index is 6.52. The Morgan fingerprint density at radius 3 is 2.06 bits per heavy atom. The highest BCUT2D eigenvalue weighted by Gasteiger charge is 2.39. The first-order chi connectivity index (χ1) is 25.2. The van der Waals surface area contributed by atoms with Crippen LogP contribution in [-0.2, 0) is 17.3 Å². The van der Waals surface area contributed by atoms with Gasteiger partial charge < -0.3 is 9.32 Å². The molecule has 2 heteroatoms. The number of rotatable bonds is 7. The van der Waals surface area contributed by atoms with Crippen molar-refractivity contribution >= 4 is 49.8 Å². The predicted octanol–water partition coefficient (Wildman–Crippen LogP) is 14.4. The lowest BCUT2D eigenvalue weighted by atomic mass is 9.77. The number of fused-ring (bicyclic) bond motifs is 8. The maximum Gasteiger partial charge on any atom is 0.137 e. The minimum Gasteiger partial charge on any atom is -0.456 e. The third kappa shape index (κ3) is 4.84. The highest BCUT2D eigenvalue weighted by atomic mass is 16.3. The van der Waals surface area contributed by atoms with E-state index < -0.39 is 0 Å². The minimum absolute atomic E-state index is 0.0696. The maximum absolute atomic E-state index is 6.52. The Morgan fingerprint density at radius 2 is 1.25 bits per heavy atom. The van der Waals surface area contributed by atoms with Gasteiger partial charge in [-0.05, 0) is 104 Å². The Morgan fingerprint density at radius 1 is 0.596 bits per heavy atom. The average molecular weight is 676 g/mol. The normalized spacial score (nSPS) is 13.5. The van der Waals surface area contributed by atoms with E-state index >= 15 is 0 Å². The van der Waals surface area contributed by atoms with Crippen molar-refractivity contribution in [3.8, 4) is 22.3 Å². The van der Waals surface area contributed by atoms with Crippen LogP contribution in [0.5, 0.6) is 0 Å². The Bertz CT molecular complexity index is 2670. The van der Waals surface area contributed by atoms with Crippen LogP contribution in [0.2, 0.25) is 0 Å². The van der Waals surface area contributed by atoms with Crippen molar-refractivity contribution in [2.45, 2.75) is 65.2 Å². The van der Waals surface area contributed by atoms with Gasteiger partial charge in [-0.3, -0.25) is 0 Å². The molecule has 1 aliphatic rings. The van der Waals surface area contributed by atoms with E-state index in [0.29, 0.717) is 0 Å². The second-order valence-electron chi connectivity index (χ2n) is 15.6.